The summed E-state index contributed by atoms with van der Waals surface area (Å²) in [5.41, 5.74) is 1.97. The molecule has 1 aromatic carbocycles. The van der Waals surface area contributed by atoms with Crippen molar-refractivity contribution in [2.75, 3.05) is 11.5 Å². The summed E-state index contributed by atoms with van der Waals surface area (Å²) in [6, 6.07) is 13.3. The van der Waals surface area contributed by atoms with Gasteiger partial charge >= 0.3 is 12.2 Å². The number of carbonyl (C=O) groups is 2. The Hall–Kier alpha value is -3.30. The number of benzene rings is 1. The van der Waals surface area contributed by atoms with Crippen LogP contribution in [0.3, 0.4) is 0 Å². The fourth-order valence-corrected chi connectivity index (χ4v) is 7.31. The van der Waals surface area contributed by atoms with Gasteiger partial charge in [-0.2, -0.15) is 4.90 Å². The summed E-state index contributed by atoms with van der Waals surface area (Å²) >= 11 is 6.39. The second-order valence-corrected chi connectivity index (χ2v) is 15.7. The fourth-order valence-electron chi connectivity index (χ4n) is 4.97. The Balaban J connectivity index is 1.63. The maximum absolute atomic E-state index is 13.4. The number of amides is 2. The number of thiophene rings is 1. The van der Waals surface area contributed by atoms with Crippen molar-refractivity contribution in [1.82, 2.24) is 14.7 Å². The molecule has 0 saturated carbocycles. The van der Waals surface area contributed by atoms with E-state index in [1.165, 1.54) is 23.5 Å². The minimum absolute atomic E-state index is 0.0972. The zero-order valence-corrected chi connectivity index (χ0v) is 27.8. The zero-order chi connectivity index (χ0) is 32.9. The van der Waals surface area contributed by atoms with Crippen LogP contribution in [0.2, 0.25) is 5.02 Å². The van der Waals surface area contributed by atoms with Crippen LogP contribution in [-0.4, -0.2) is 54.1 Å². The number of hydrogen-bond donors (Lipinski definition) is 3. The van der Waals surface area contributed by atoms with E-state index >= 15 is 0 Å². The highest BCUT2D eigenvalue weighted by Gasteiger charge is 2.43. The summed E-state index contributed by atoms with van der Waals surface area (Å²) in [5, 5.41) is 20.1. The van der Waals surface area contributed by atoms with Gasteiger partial charge in [0.2, 0.25) is 0 Å². The predicted octanol–water partition coefficient (Wildman–Crippen LogP) is 7.31. The van der Waals surface area contributed by atoms with Gasteiger partial charge in [-0.1, -0.05) is 29.8 Å². The Kier molecular flexibility index (Phi) is 8.92. The first-order chi connectivity index (χ1) is 21.0. The van der Waals surface area contributed by atoms with Gasteiger partial charge in [-0.15, -0.1) is 16.1 Å². The number of anilines is 1. The quantitative estimate of drug-likeness (QED) is 0.170. The van der Waals surface area contributed by atoms with Crippen molar-refractivity contribution < 1.29 is 33.8 Å². The molecule has 0 spiro atoms. The Morgan fingerprint density at radius 1 is 1.13 bits per heavy atom. The van der Waals surface area contributed by atoms with Gasteiger partial charge in [0, 0.05) is 32.7 Å². The van der Waals surface area contributed by atoms with Crippen molar-refractivity contribution in [2.24, 2.45) is 0 Å². The fraction of sp³-hybridized carbons (Fsp3) is 0.355. The average molecular weight is 673 g/mol. The number of ether oxygens (including phenoxy) is 2. The maximum atomic E-state index is 13.4. The number of aromatic nitrogens is 2. The van der Waals surface area contributed by atoms with E-state index in [0.717, 1.165) is 26.9 Å². The lowest BCUT2D eigenvalue weighted by atomic mass is 9.96. The summed E-state index contributed by atoms with van der Waals surface area (Å²) < 4.78 is 28.8. The normalized spacial score (nSPS) is 19.4. The van der Waals surface area contributed by atoms with Crippen molar-refractivity contribution in [3.05, 3.63) is 75.9 Å². The maximum Gasteiger partial charge on any atom is 0.422 e. The number of nitrogens with zero attached hydrogens (tertiary/aromatic N) is 3. The molecule has 4 heterocycles. The average Bonchev–Trinajstić information content (AvgIpc) is 3.52. The van der Waals surface area contributed by atoms with Gasteiger partial charge in [0.15, 0.2) is 5.79 Å². The van der Waals surface area contributed by atoms with Crippen LogP contribution in [0.4, 0.5) is 15.4 Å². The Morgan fingerprint density at radius 2 is 1.84 bits per heavy atom. The number of hydrogen-bond acceptors (Lipinski definition) is 9. The van der Waals surface area contributed by atoms with E-state index in [4.69, 9.17) is 21.1 Å². The first-order valence-corrected chi connectivity index (χ1v) is 16.3. The first kappa shape index (κ1) is 33.1. The Labute approximate surface area is 272 Å². The molecule has 1 saturated heterocycles. The molecule has 11 nitrogen and oxygen atoms in total. The number of halogens is 1. The van der Waals surface area contributed by atoms with Crippen molar-refractivity contribution >= 4 is 62.4 Å². The Morgan fingerprint density at radius 3 is 2.47 bits per heavy atom. The lowest BCUT2D eigenvalue weighted by Gasteiger charge is -2.28. The second kappa shape index (κ2) is 12.1. The molecule has 1 fully saturated rings. The topological polar surface area (TPSA) is 157 Å². The minimum atomic E-state index is -1.72. The molecular weight excluding hydrogens is 640 g/mol. The van der Waals surface area contributed by atoms with Crippen LogP contribution in [-0.2, 0) is 26.4 Å². The molecule has 0 aliphatic carbocycles. The van der Waals surface area contributed by atoms with E-state index in [1.807, 2.05) is 57.2 Å². The van der Waals surface area contributed by atoms with Crippen molar-refractivity contribution in [2.45, 2.75) is 63.7 Å². The van der Waals surface area contributed by atoms with Gasteiger partial charge in [0.1, 0.15) is 22.2 Å². The van der Waals surface area contributed by atoms with Crippen LogP contribution in [0.15, 0.2) is 54.7 Å². The number of pyridine rings is 2. The molecule has 5 rings (SSSR count). The molecule has 1 aliphatic rings. The number of nitrogens with one attached hydrogen (secondary N) is 1. The van der Waals surface area contributed by atoms with E-state index in [0.29, 0.717) is 11.5 Å². The highest BCUT2D eigenvalue weighted by atomic mass is 35.5. The predicted molar refractivity (Wildman–Crippen MR) is 174 cm³/mol. The van der Waals surface area contributed by atoms with Gasteiger partial charge < -0.3 is 24.2 Å². The molecular formula is C31H33ClN4O7S2. The standard InChI is InChI=1S/C31H33ClN4O7S2/c1-29(2,3)45(41)35-25(24-20(32)10-11-23(34-24)36(27(37)38)28(39)40)22-14-17-8-7-9-19(26(17)44-22)21-15-18(12-13-33-21)31(6)16-42-30(4,5)43-31/h7-15,25,35H,16H2,1-6H3,(H,37,38)(H,39,40). The van der Waals surface area contributed by atoms with Crippen molar-refractivity contribution in [1.29, 1.82) is 0 Å². The van der Waals surface area contributed by atoms with Gasteiger partial charge in [0.05, 0.1) is 23.0 Å². The first-order valence-electron chi connectivity index (χ1n) is 13.9. The summed E-state index contributed by atoms with van der Waals surface area (Å²) in [7, 11) is 0. The largest absolute Gasteiger partial charge is 0.598 e. The highest BCUT2D eigenvalue weighted by molar-refractivity contribution is 7.90. The molecule has 45 heavy (non-hydrogen) atoms. The van der Waals surface area contributed by atoms with Crippen LogP contribution in [0.1, 0.15) is 63.7 Å². The molecule has 14 heteroatoms. The monoisotopic (exact) mass is 672 g/mol. The summed E-state index contributed by atoms with van der Waals surface area (Å²) in [4.78, 5) is 33.2. The molecule has 2 amide bonds. The smallest absolute Gasteiger partial charge is 0.422 e. The highest BCUT2D eigenvalue weighted by Crippen LogP contribution is 2.43. The third kappa shape index (κ3) is 6.80. The lowest BCUT2D eigenvalue weighted by Crippen LogP contribution is -2.42. The summed E-state index contributed by atoms with van der Waals surface area (Å²) in [6.07, 6.45) is -1.71. The molecule has 0 radical (unpaired) electrons. The van der Waals surface area contributed by atoms with Crippen LogP contribution in [0.5, 0.6) is 0 Å². The SMILES string of the molecule is CC1(C)OCC(C)(c2ccnc(-c3cccc4cc(C(N[S+]([O-])C(C)(C)C)c5nc(N(C(=O)O)C(=O)O)ccc5Cl)sc34)c2)O1. The molecule has 3 atom stereocenters. The molecule has 3 N–H and O–H groups in total. The van der Waals surface area contributed by atoms with Crippen molar-refractivity contribution in [3.8, 4) is 11.3 Å². The van der Waals surface area contributed by atoms with Crippen LogP contribution < -0.4 is 9.62 Å². The second-order valence-electron chi connectivity index (χ2n) is 12.2. The van der Waals surface area contributed by atoms with Crippen LogP contribution in [0.25, 0.3) is 21.3 Å². The van der Waals surface area contributed by atoms with Crippen LogP contribution >= 0.6 is 22.9 Å². The minimum Gasteiger partial charge on any atom is -0.598 e. The van der Waals surface area contributed by atoms with Gasteiger partial charge in [-0.05, 0) is 82.8 Å². The van der Waals surface area contributed by atoms with E-state index in [2.05, 4.69) is 14.7 Å². The molecule has 0 bridgehead atoms. The Bertz CT molecular complexity index is 1760. The molecule has 238 valence electrons. The molecule has 3 unspecified atom stereocenters. The number of fused-ring (bicyclic) bond motifs is 1. The van der Waals surface area contributed by atoms with E-state index in [9.17, 15) is 24.4 Å². The molecule has 3 aromatic heterocycles. The lowest BCUT2D eigenvalue weighted by molar-refractivity contribution is -0.159. The zero-order valence-electron chi connectivity index (χ0n) is 25.5. The number of rotatable bonds is 7. The molecule has 4 aromatic rings. The van der Waals surface area contributed by atoms with Crippen LogP contribution in [0, 0.1) is 0 Å². The van der Waals surface area contributed by atoms with Gasteiger partial charge in [0.25, 0.3) is 0 Å². The van der Waals surface area contributed by atoms with E-state index < -0.39 is 45.7 Å². The molecule has 1 aliphatic heterocycles. The van der Waals surface area contributed by atoms with Gasteiger partial charge in [-0.3, -0.25) is 4.98 Å². The number of imide groups is 1. The van der Waals surface area contributed by atoms with E-state index in [1.54, 1.807) is 27.0 Å². The number of carboxylic acid groups (broad SMARTS) is 2. The third-order valence-corrected chi connectivity index (χ3v) is 10.3. The third-order valence-electron chi connectivity index (χ3n) is 7.19. The van der Waals surface area contributed by atoms with E-state index in [-0.39, 0.29) is 21.4 Å². The van der Waals surface area contributed by atoms with Crippen molar-refractivity contribution in [3.63, 3.8) is 0 Å². The summed E-state index contributed by atoms with van der Waals surface area (Å²) in [6.45, 7) is 11.5. The summed E-state index contributed by atoms with van der Waals surface area (Å²) in [5.74, 6) is -1.07. The van der Waals surface area contributed by atoms with Gasteiger partial charge in [-0.25, -0.2) is 14.6 Å².